The lowest BCUT2D eigenvalue weighted by Crippen LogP contribution is -2.09. The quantitative estimate of drug-likeness (QED) is 0.367. The van der Waals surface area contributed by atoms with E-state index in [-0.39, 0.29) is 18.2 Å². The Morgan fingerprint density at radius 1 is 1.35 bits per heavy atom. The van der Waals surface area contributed by atoms with Crippen molar-refractivity contribution in [1.82, 2.24) is 0 Å². The minimum atomic E-state index is -0.986. The van der Waals surface area contributed by atoms with Crippen LogP contribution >= 0.6 is 15.9 Å². The number of halogens is 3. The maximum atomic E-state index is 13.2. The molecule has 3 N–H and O–H groups in total. The highest BCUT2D eigenvalue weighted by atomic mass is 79.9. The van der Waals surface area contributed by atoms with Gasteiger partial charge in [0.05, 0.1) is 12.4 Å². The maximum absolute atomic E-state index is 13.2. The third-order valence-corrected chi connectivity index (χ3v) is 2.52. The third-order valence-electron chi connectivity index (χ3n) is 2.06. The summed E-state index contributed by atoms with van der Waals surface area (Å²) in [5.74, 6) is -1.93. The summed E-state index contributed by atoms with van der Waals surface area (Å²) >= 11 is 3.06. The summed E-state index contributed by atoms with van der Waals surface area (Å²) in [7, 11) is 0. The normalized spacial score (nSPS) is 10.3. The van der Waals surface area contributed by atoms with Gasteiger partial charge in [-0.1, -0.05) is 15.9 Å². The molecule has 1 aromatic rings. The van der Waals surface area contributed by atoms with Crippen molar-refractivity contribution in [2.45, 2.75) is 19.3 Å². The first-order valence-electron chi connectivity index (χ1n) is 5.11. The van der Waals surface area contributed by atoms with E-state index < -0.39 is 11.6 Å². The van der Waals surface area contributed by atoms with E-state index in [0.717, 1.165) is 6.07 Å². The fraction of sp³-hybridized carbons (Fsp3) is 0.364. The minimum absolute atomic E-state index is 0.111. The number of hydrogen-bond donors (Lipinski definition) is 2. The van der Waals surface area contributed by atoms with Crippen LogP contribution in [0.5, 0.6) is 5.75 Å². The number of benzene rings is 1. The van der Waals surface area contributed by atoms with Gasteiger partial charge in [-0.3, -0.25) is 5.41 Å². The van der Waals surface area contributed by atoms with Gasteiger partial charge in [-0.25, -0.2) is 4.39 Å². The Bertz CT molecular complexity index is 413. The Labute approximate surface area is 107 Å². The largest absolute Gasteiger partial charge is 0.490 e. The van der Waals surface area contributed by atoms with E-state index in [0.29, 0.717) is 23.7 Å². The molecule has 0 aliphatic carbocycles. The Kier molecular flexibility index (Phi) is 5.34. The molecule has 0 amide bonds. The average Bonchev–Trinajstić information content (AvgIpc) is 2.23. The second kappa shape index (κ2) is 6.54. The summed E-state index contributed by atoms with van der Waals surface area (Å²) in [6.07, 6.45) is 1.80. The fourth-order valence-electron chi connectivity index (χ4n) is 1.24. The van der Waals surface area contributed by atoms with Gasteiger partial charge in [0.1, 0.15) is 0 Å². The number of rotatable bonds is 6. The lowest BCUT2D eigenvalue weighted by molar-refractivity contribution is 0.287. The molecule has 0 aromatic heterocycles. The van der Waals surface area contributed by atoms with Crippen LogP contribution in [-0.4, -0.2) is 12.4 Å². The van der Waals surface area contributed by atoms with Crippen molar-refractivity contribution in [2.75, 3.05) is 6.61 Å². The zero-order valence-corrected chi connectivity index (χ0v) is 10.7. The van der Waals surface area contributed by atoms with Crippen molar-refractivity contribution >= 4 is 21.8 Å². The van der Waals surface area contributed by atoms with Gasteiger partial charge in [-0.2, -0.15) is 4.39 Å². The fourth-order valence-corrected chi connectivity index (χ4v) is 1.65. The summed E-state index contributed by atoms with van der Waals surface area (Å²) in [4.78, 5) is 0. The third kappa shape index (κ3) is 4.68. The van der Waals surface area contributed by atoms with Crippen molar-refractivity contribution in [3.63, 3.8) is 0 Å². The zero-order valence-electron chi connectivity index (χ0n) is 9.10. The predicted octanol–water partition coefficient (Wildman–Crippen LogP) is 3.21. The van der Waals surface area contributed by atoms with E-state index >= 15 is 0 Å². The number of ether oxygens (including phenoxy) is 1. The molecule has 0 spiro atoms. The summed E-state index contributed by atoms with van der Waals surface area (Å²) in [6.45, 7) is 0.264. The Morgan fingerprint density at radius 2 is 2.06 bits per heavy atom. The van der Waals surface area contributed by atoms with E-state index in [2.05, 4.69) is 15.9 Å². The zero-order chi connectivity index (χ0) is 12.8. The van der Waals surface area contributed by atoms with Gasteiger partial charge in [0.15, 0.2) is 11.6 Å². The predicted molar refractivity (Wildman–Crippen MR) is 65.3 cm³/mol. The molecule has 0 bridgehead atoms. The van der Waals surface area contributed by atoms with Crippen LogP contribution in [0.1, 0.15) is 19.3 Å². The van der Waals surface area contributed by atoms with Crippen molar-refractivity contribution in [2.24, 2.45) is 5.73 Å². The second-order valence-electron chi connectivity index (χ2n) is 3.53. The highest BCUT2D eigenvalue weighted by Gasteiger charge is 2.10. The second-order valence-corrected chi connectivity index (χ2v) is 4.45. The maximum Gasteiger partial charge on any atom is 0.200 e. The van der Waals surface area contributed by atoms with Gasteiger partial charge in [0.25, 0.3) is 0 Å². The van der Waals surface area contributed by atoms with Gasteiger partial charge in [-0.15, -0.1) is 0 Å². The first kappa shape index (κ1) is 13.9. The van der Waals surface area contributed by atoms with E-state index in [1.165, 1.54) is 6.07 Å². The lowest BCUT2D eigenvalue weighted by Gasteiger charge is -2.08. The van der Waals surface area contributed by atoms with Crippen molar-refractivity contribution in [1.29, 1.82) is 5.41 Å². The molecule has 0 saturated carbocycles. The molecule has 0 radical (unpaired) electrons. The molecule has 0 fully saturated rings. The topological polar surface area (TPSA) is 59.1 Å². The van der Waals surface area contributed by atoms with Crippen LogP contribution in [0.2, 0.25) is 0 Å². The van der Waals surface area contributed by atoms with Crippen molar-refractivity contribution < 1.29 is 13.5 Å². The van der Waals surface area contributed by atoms with Crippen LogP contribution in [0.15, 0.2) is 16.6 Å². The van der Waals surface area contributed by atoms with Crippen LogP contribution in [0, 0.1) is 17.0 Å². The Hall–Kier alpha value is -1.17. The van der Waals surface area contributed by atoms with Gasteiger partial charge in [0.2, 0.25) is 5.82 Å². The van der Waals surface area contributed by atoms with Gasteiger partial charge >= 0.3 is 0 Å². The molecule has 3 nitrogen and oxygen atoms in total. The number of nitrogens with two attached hydrogens (primary N) is 1. The smallest absolute Gasteiger partial charge is 0.200 e. The highest BCUT2D eigenvalue weighted by Crippen LogP contribution is 2.25. The van der Waals surface area contributed by atoms with E-state index in [4.69, 9.17) is 15.9 Å². The summed E-state index contributed by atoms with van der Waals surface area (Å²) in [6, 6.07) is 2.42. The Balaban J connectivity index is 2.44. The summed E-state index contributed by atoms with van der Waals surface area (Å²) in [5.41, 5.74) is 5.18. The number of hydrogen-bond acceptors (Lipinski definition) is 2. The summed E-state index contributed by atoms with van der Waals surface area (Å²) < 4.78 is 31.8. The first-order valence-corrected chi connectivity index (χ1v) is 5.90. The van der Waals surface area contributed by atoms with Crippen LogP contribution in [0.25, 0.3) is 0 Å². The van der Waals surface area contributed by atoms with E-state index in [1.54, 1.807) is 0 Å². The number of amidine groups is 1. The van der Waals surface area contributed by atoms with Crippen LogP contribution in [0.3, 0.4) is 0 Å². The van der Waals surface area contributed by atoms with E-state index in [9.17, 15) is 8.78 Å². The highest BCUT2D eigenvalue weighted by molar-refractivity contribution is 9.10. The van der Waals surface area contributed by atoms with Crippen molar-refractivity contribution in [3.05, 3.63) is 28.2 Å². The number of nitrogens with one attached hydrogen (secondary N) is 1. The molecule has 1 rings (SSSR count). The molecule has 17 heavy (non-hydrogen) atoms. The standard InChI is InChI=1S/C11H13BrF2N2O/c12-7-5-8(13)11(14)9(6-7)17-4-2-1-3-10(15)16/h5-6H,1-4H2,(H3,15,16). The SMILES string of the molecule is N=C(N)CCCCOc1cc(Br)cc(F)c1F. The van der Waals surface area contributed by atoms with Crippen LogP contribution < -0.4 is 10.5 Å². The van der Waals surface area contributed by atoms with Crippen LogP contribution in [0.4, 0.5) is 8.78 Å². The van der Waals surface area contributed by atoms with Crippen molar-refractivity contribution in [3.8, 4) is 5.75 Å². The monoisotopic (exact) mass is 306 g/mol. The summed E-state index contributed by atoms with van der Waals surface area (Å²) in [5, 5.41) is 7.01. The molecular weight excluding hydrogens is 294 g/mol. The average molecular weight is 307 g/mol. The lowest BCUT2D eigenvalue weighted by atomic mass is 10.2. The Morgan fingerprint density at radius 3 is 2.71 bits per heavy atom. The molecule has 6 heteroatoms. The van der Waals surface area contributed by atoms with Crippen LogP contribution in [-0.2, 0) is 0 Å². The molecular formula is C11H13BrF2N2O. The molecule has 0 unspecified atom stereocenters. The molecule has 0 saturated heterocycles. The molecule has 94 valence electrons. The minimum Gasteiger partial charge on any atom is -0.490 e. The molecule has 0 atom stereocenters. The van der Waals surface area contributed by atoms with E-state index in [1.807, 2.05) is 0 Å². The van der Waals surface area contributed by atoms with Gasteiger partial charge in [-0.05, 0) is 25.0 Å². The van der Waals surface area contributed by atoms with Gasteiger partial charge in [0, 0.05) is 10.9 Å². The first-order chi connectivity index (χ1) is 8.00. The molecule has 0 aliphatic heterocycles. The molecule has 0 aliphatic rings. The number of unbranched alkanes of at least 4 members (excludes halogenated alkanes) is 1. The van der Waals surface area contributed by atoms with Gasteiger partial charge < -0.3 is 10.5 Å². The molecule has 0 heterocycles. The molecule has 1 aromatic carbocycles.